The topological polar surface area (TPSA) is 0 Å². The van der Waals surface area contributed by atoms with Gasteiger partial charge in [0.05, 0.1) is 8.07 Å². The maximum absolute atomic E-state index is 14.7. The Labute approximate surface area is 161 Å². The first-order valence-electron chi connectivity index (χ1n) is 9.49. The molecule has 0 heterocycles. The van der Waals surface area contributed by atoms with E-state index in [1.54, 1.807) is 12.1 Å². The standard InChI is InChI=1S/C24H26F2Si/c1-5-6-17-7-9-18(10-8-17)19-11-13-20(14-12-19)21-15-16-22(27(2,3)4)24(26)23(21)25/h7-16H,5-6H2,1-4H3. The van der Waals surface area contributed by atoms with Crippen LogP contribution in [0, 0.1) is 11.6 Å². The molecule has 0 aliphatic heterocycles. The maximum Gasteiger partial charge on any atom is 0.166 e. The van der Waals surface area contributed by atoms with Crippen molar-refractivity contribution < 1.29 is 8.78 Å². The lowest BCUT2D eigenvalue weighted by atomic mass is 9.98. The second-order valence-electron chi connectivity index (χ2n) is 8.06. The van der Waals surface area contributed by atoms with E-state index in [4.69, 9.17) is 0 Å². The second kappa shape index (κ2) is 7.77. The minimum absolute atomic E-state index is 0.319. The van der Waals surface area contributed by atoms with Crippen LogP contribution in [-0.4, -0.2) is 8.07 Å². The van der Waals surface area contributed by atoms with E-state index < -0.39 is 19.7 Å². The summed E-state index contributed by atoms with van der Waals surface area (Å²) in [5, 5.41) is 0.535. The molecule has 0 N–H and O–H groups in total. The molecule has 0 unspecified atom stereocenters. The van der Waals surface area contributed by atoms with E-state index in [9.17, 15) is 8.78 Å². The highest BCUT2D eigenvalue weighted by Gasteiger charge is 2.24. The lowest BCUT2D eigenvalue weighted by Crippen LogP contribution is -2.40. The van der Waals surface area contributed by atoms with E-state index >= 15 is 0 Å². The zero-order valence-electron chi connectivity index (χ0n) is 16.4. The molecule has 3 heteroatoms. The van der Waals surface area contributed by atoms with E-state index in [2.05, 4.69) is 31.2 Å². The zero-order valence-corrected chi connectivity index (χ0v) is 17.4. The molecule has 0 saturated heterocycles. The van der Waals surface area contributed by atoms with E-state index in [-0.39, 0.29) is 0 Å². The summed E-state index contributed by atoms with van der Waals surface area (Å²) in [4.78, 5) is 0. The van der Waals surface area contributed by atoms with Crippen molar-refractivity contribution in [1.29, 1.82) is 0 Å². The smallest absolute Gasteiger partial charge is 0.166 e. The van der Waals surface area contributed by atoms with Gasteiger partial charge in [-0.25, -0.2) is 8.78 Å². The van der Waals surface area contributed by atoms with E-state index in [1.807, 2.05) is 43.9 Å². The molecule has 0 spiro atoms. The third-order valence-corrected chi connectivity index (χ3v) is 6.91. The van der Waals surface area contributed by atoms with Crippen molar-refractivity contribution in [2.45, 2.75) is 39.4 Å². The van der Waals surface area contributed by atoms with Crippen molar-refractivity contribution in [3.8, 4) is 22.3 Å². The molecule has 0 fully saturated rings. The normalized spacial score (nSPS) is 11.6. The van der Waals surface area contributed by atoms with Gasteiger partial charge >= 0.3 is 0 Å². The first kappa shape index (κ1) is 19.5. The fourth-order valence-corrected chi connectivity index (χ4v) is 4.70. The SMILES string of the molecule is CCCc1ccc(-c2ccc(-c3ccc([Si](C)(C)C)c(F)c3F)cc2)cc1. The summed E-state index contributed by atoms with van der Waals surface area (Å²) < 4.78 is 29.2. The summed E-state index contributed by atoms with van der Waals surface area (Å²) >= 11 is 0. The average molecular weight is 381 g/mol. The van der Waals surface area contributed by atoms with Crippen LogP contribution in [-0.2, 0) is 6.42 Å². The van der Waals surface area contributed by atoms with Crippen molar-refractivity contribution in [3.05, 3.63) is 77.9 Å². The van der Waals surface area contributed by atoms with Gasteiger partial charge < -0.3 is 0 Å². The molecule has 3 aromatic carbocycles. The van der Waals surface area contributed by atoms with Gasteiger partial charge in [-0.05, 0) is 33.9 Å². The molecule has 3 rings (SSSR count). The zero-order chi connectivity index (χ0) is 19.6. The summed E-state index contributed by atoms with van der Waals surface area (Å²) in [6.45, 7) is 8.23. The van der Waals surface area contributed by atoms with Crippen LogP contribution >= 0.6 is 0 Å². The van der Waals surface area contributed by atoms with Crippen LogP contribution in [0.5, 0.6) is 0 Å². The molecule has 0 amide bonds. The molecule has 0 bridgehead atoms. The average Bonchev–Trinajstić information content (AvgIpc) is 2.64. The molecule has 0 nitrogen and oxygen atoms in total. The van der Waals surface area contributed by atoms with E-state index in [1.165, 1.54) is 5.56 Å². The minimum Gasteiger partial charge on any atom is -0.204 e. The second-order valence-corrected chi connectivity index (χ2v) is 13.1. The number of benzene rings is 3. The Morgan fingerprint density at radius 1 is 0.667 bits per heavy atom. The molecule has 140 valence electrons. The van der Waals surface area contributed by atoms with E-state index in [0.717, 1.165) is 24.0 Å². The van der Waals surface area contributed by atoms with Gasteiger partial charge in [-0.15, -0.1) is 0 Å². The molecular weight excluding hydrogens is 354 g/mol. The molecule has 0 aliphatic rings. The summed E-state index contributed by atoms with van der Waals surface area (Å²) in [5.41, 5.74) is 4.54. The lowest BCUT2D eigenvalue weighted by molar-refractivity contribution is 0.516. The summed E-state index contributed by atoms with van der Waals surface area (Å²) in [6, 6.07) is 19.6. The fraction of sp³-hybridized carbons (Fsp3) is 0.250. The number of rotatable bonds is 5. The van der Waals surface area contributed by atoms with E-state index in [0.29, 0.717) is 16.3 Å². The maximum atomic E-state index is 14.7. The van der Waals surface area contributed by atoms with Crippen LogP contribution in [0.25, 0.3) is 22.3 Å². The molecular formula is C24H26F2Si. The van der Waals surface area contributed by atoms with Gasteiger partial charge in [0.25, 0.3) is 0 Å². The Hall–Kier alpha value is -2.26. The summed E-state index contributed by atoms with van der Waals surface area (Å²) in [7, 11) is -1.91. The van der Waals surface area contributed by atoms with Crippen molar-refractivity contribution in [2.75, 3.05) is 0 Å². The van der Waals surface area contributed by atoms with Gasteiger partial charge in [0, 0.05) is 5.56 Å². The quantitative estimate of drug-likeness (QED) is 0.427. The molecule has 0 atom stereocenters. The van der Waals surface area contributed by atoms with Crippen LogP contribution in [0.4, 0.5) is 8.78 Å². The predicted octanol–water partition coefficient (Wildman–Crippen LogP) is 6.80. The van der Waals surface area contributed by atoms with Gasteiger partial charge in [-0.2, -0.15) is 0 Å². The van der Waals surface area contributed by atoms with Crippen LogP contribution in [0.3, 0.4) is 0 Å². The molecule has 0 saturated carbocycles. The third kappa shape index (κ3) is 4.19. The monoisotopic (exact) mass is 380 g/mol. The first-order chi connectivity index (χ1) is 12.8. The van der Waals surface area contributed by atoms with Crippen molar-refractivity contribution >= 4 is 13.3 Å². The largest absolute Gasteiger partial charge is 0.204 e. The molecule has 3 aromatic rings. The van der Waals surface area contributed by atoms with Gasteiger partial charge in [-0.3, -0.25) is 0 Å². The number of hydrogen-bond donors (Lipinski definition) is 0. The summed E-state index contributed by atoms with van der Waals surface area (Å²) in [6.07, 6.45) is 2.21. The van der Waals surface area contributed by atoms with Crippen LogP contribution in [0.1, 0.15) is 18.9 Å². The highest BCUT2D eigenvalue weighted by molar-refractivity contribution is 6.88. The highest BCUT2D eigenvalue weighted by Crippen LogP contribution is 2.28. The van der Waals surface area contributed by atoms with Crippen molar-refractivity contribution in [3.63, 3.8) is 0 Å². The summed E-state index contributed by atoms with van der Waals surface area (Å²) in [5.74, 6) is -1.44. The number of halogens is 2. The predicted molar refractivity (Wildman–Crippen MR) is 114 cm³/mol. The van der Waals surface area contributed by atoms with Gasteiger partial charge in [0.15, 0.2) is 11.6 Å². The number of hydrogen-bond acceptors (Lipinski definition) is 0. The lowest BCUT2D eigenvalue weighted by Gasteiger charge is -2.19. The molecule has 27 heavy (non-hydrogen) atoms. The van der Waals surface area contributed by atoms with Crippen molar-refractivity contribution in [2.24, 2.45) is 0 Å². The Morgan fingerprint density at radius 2 is 1.19 bits per heavy atom. The fourth-order valence-electron chi connectivity index (χ4n) is 3.35. The van der Waals surface area contributed by atoms with Gasteiger partial charge in [0.2, 0.25) is 0 Å². The third-order valence-electron chi connectivity index (χ3n) is 4.91. The van der Waals surface area contributed by atoms with Crippen LogP contribution < -0.4 is 5.19 Å². The van der Waals surface area contributed by atoms with Gasteiger partial charge in [0.1, 0.15) is 0 Å². The minimum atomic E-state index is -1.91. The Balaban J connectivity index is 1.90. The van der Waals surface area contributed by atoms with Crippen molar-refractivity contribution in [1.82, 2.24) is 0 Å². The Morgan fingerprint density at radius 3 is 1.70 bits per heavy atom. The highest BCUT2D eigenvalue weighted by atomic mass is 28.3. The van der Waals surface area contributed by atoms with Gasteiger partial charge in [-0.1, -0.05) is 93.6 Å². The van der Waals surface area contributed by atoms with Crippen LogP contribution in [0.15, 0.2) is 60.7 Å². The van der Waals surface area contributed by atoms with Crippen LogP contribution in [0.2, 0.25) is 19.6 Å². The Bertz CT molecular complexity index is 920. The molecule has 0 radical (unpaired) electrons. The Kier molecular flexibility index (Phi) is 5.61. The molecule has 0 aliphatic carbocycles. The number of aryl methyl sites for hydroxylation is 1. The molecule has 0 aromatic heterocycles. The first-order valence-corrected chi connectivity index (χ1v) is 13.0.